The second-order valence-corrected chi connectivity index (χ2v) is 11.0. The van der Waals surface area contributed by atoms with Crippen molar-refractivity contribution in [3.05, 3.63) is 96.4 Å². The van der Waals surface area contributed by atoms with Crippen LogP contribution in [0.5, 0.6) is 11.5 Å². The van der Waals surface area contributed by atoms with Gasteiger partial charge in [0.25, 0.3) is 5.56 Å². The monoisotopic (exact) mass is 613 g/mol. The molecule has 0 spiro atoms. The third-order valence-corrected chi connectivity index (χ3v) is 7.76. The normalized spacial score (nSPS) is 14.3. The molecule has 0 saturated heterocycles. The fourth-order valence-corrected chi connectivity index (χ4v) is 5.69. The molecule has 1 aromatic heterocycles. The second kappa shape index (κ2) is 11.9. The van der Waals surface area contributed by atoms with Crippen LogP contribution < -0.4 is 15.0 Å². The van der Waals surface area contributed by atoms with Crippen molar-refractivity contribution in [2.24, 2.45) is 5.10 Å². The lowest BCUT2D eigenvalue weighted by molar-refractivity contribution is 0.284. The molecular formula is C29H26BrCl2N3O3. The van der Waals surface area contributed by atoms with Crippen molar-refractivity contribution in [1.29, 1.82) is 0 Å². The first-order valence-corrected chi connectivity index (χ1v) is 14.0. The Morgan fingerprint density at radius 3 is 2.66 bits per heavy atom. The third-order valence-electron chi connectivity index (χ3n) is 6.72. The molecule has 196 valence electrons. The zero-order chi connectivity index (χ0) is 26.6. The maximum Gasteiger partial charge on any atom is 0.282 e. The molecule has 0 radical (unpaired) electrons. The van der Waals surface area contributed by atoms with Gasteiger partial charge in [0.15, 0.2) is 11.5 Å². The average Bonchev–Trinajstić information content (AvgIpc) is 2.93. The van der Waals surface area contributed by atoms with Crippen LogP contribution in [0.2, 0.25) is 10.0 Å². The molecule has 0 bridgehead atoms. The second-order valence-electron chi connectivity index (χ2n) is 9.23. The number of hydrogen-bond acceptors (Lipinski definition) is 5. The highest BCUT2D eigenvalue weighted by atomic mass is 79.9. The first-order chi connectivity index (χ1) is 18.4. The minimum atomic E-state index is -0.190. The summed E-state index contributed by atoms with van der Waals surface area (Å²) in [6.45, 7) is 0.194. The Hall–Kier alpha value is -2.87. The van der Waals surface area contributed by atoms with Gasteiger partial charge in [-0.05, 0) is 49.2 Å². The quantitative estimate of drug-likeness (QED) is 0.198. The number of benzene rings is 3. The predicted octanol–water partition coefficient (Wildman–Crippen LogP) is 7.98. The molecule has 1 aliphatic rings. The van der Waals surface area contributed by atoms with E-state index in [-0.39, 0.29) is 18.1 Å². The Morgan fingerprint density at radius 2 is 1.89 bits per heavy atom. The van der Waals surface area contributed by atoms with Crippen molar-refractivity contribution in [1.82, 2.24) is 9.66 Å². The zero-order valence-corrected chi connectivity index (χ0v) is 23.9. The van der Waals surface area contributed by atoms with Crippen molar-refractivity contribution in [2.75, 3.05) is 7.11 Å². The topological polar surface area (TPSA) is 65.7 Å². The van der Waals surface area contributed by atoms with Gasteiger partial charge in [0.2, 0.25) is 0 Å². The number of nitrogens with zero attached hydrogens (tertiary/aromatic N) is 3. The van der Waals surface area contributed by atoms with Crippen LogP contribution in [0.4, 0.5) is 0 Å². The fourth-order valence-electron chi connectivity index (χ4n) is 4.78. The molecule has 1 fully saturated rings. The van der Waals surface area contributed by atoms with Crippen LogP contribution in [0, 0.1) is 0 Å². The summed E-state index contributed by atoms with van der Waals surface area (Å²) in [6, 6.07) is 16.3. The van der Waals surface area contributed by atoms with E-state index in [0.29, 0.717) is 43.8 Å². The summed E-state index contributed by atoms with van der Waals surface area (Å²) in [4.78, 5) is 18.5. The van der Waals surface area contributed by atoms with E-state index in [1.807, 2.05) is 36.4 Å². The van der Waals surface area contributed by atoms with E-state index < -0.39 is 0 Å². The number of aromatic nitrogens is 2. The Labute approximate surface area is 239 Å². The van der Waals surface area contributed by atoms with E-state index in [1.54, 1.807) is 31.5 Å². The van der Waals surface area contributed by atoms with Crippen LogP contribution >= 0.6 is 39.1 Å². The van der Waals surface area contributed by atoms with Gasteiger partial charge in [-0.25, -0.2) is 4.98 Å². The number of methoxy groups -OCH3 is 1. The predicted molar refractivity (Wildman–Crippen MR) is 156 cm³/mol. The van der Waals surface area contributed by atoms with E-state index in [0.717, 1.165) is 35.7 Å². The highest BCUT2D eigenvalue weighted by molar-refractivity contribution is 9.10. The number of rotatable bonds is 7. The Morgan fingerprint density at radius 1 is 1.11 bits per heavy atom. The van der Waals surface area contributed by atoms with Crippen LogP contribution in [-0.2, 0) is 6.61 Å². The first-order valence-electron chi connectivity index (χ1n) is 12.4. The smallest absolute Gasteiger partial charge is 0.282 e. The van der Waals surface area contributed by atoms with Gasteiger partial charge in [-0.3, -0.25) is 4.79 Å². The Balaban J connectivity index is 1.57. The van der Waals surface area contributed by atoms with Crippen LogP contribution in [-0.4, -0.2) is 23.0 Å². The number of halogens is 3. The van der Waals surface area contributed by atoms with Gasteiger partial charge < -0.3 is 9.47 Å². The van der Waals surface area contributed by atoms with Gasteiger partial charge in [-0.2, -0.15) is 9.78 Å². The number of ether oxygens (including phenoxy) is 2. The van der Waals surface area contributed by atoms with Crippen LogP contribution in [0.25, 0.3) is 10.9 Å². The third kappa shape index (κ3) is 5.75. The lowest BCUT2D eigenvalue weighted by Crippen LogP contribution is -2.25. The zero-order valence-electron chi connectivity index (χ0n) is 20.8. The largest absolute Gasteiger partial charge is 0.493 e. The summed E-state index contributed by atoms with van der Waals surface area (Å²) in [5, 5.41) is 6.27. The van der Waals surface area contributed by atoms with E-state index in [9.17, 15) is 4.79 Å². The molecule has 0 atom stereocenters. The first kappa shape index (κ1) is 26.7. The van der Waals surface area contributed by atoms with Gasteiger partial charge in [0.05, 0.1) is 24.2 Å². The Bertz CT molecular complexity index is 1570. The van der Waals surface area contributed by atoms with Gasteiger partial charge in [-0.1, -0.05) is 76.6 Å². The van der Waals surface area contributed by atoms with Gasteiger partial charge in [0, 0.05) is 31.6 Å². The van der Waals surface area contributed by atoms with Crippen LogP contribution in [0.15, 0.2) is 69.0 Å². The summed E-state index contributed by atoms with van der Waals surface area (Å²) in [7, 11) is 1.57. The molecule has 4 aromatic rings. The molecule has 0 N–H and O–H groups in total. The van der Waals surface area contributed by atoms with Crippen molar-refractivity contribution in [3.8, 4) is 11.5 Å². The molecular weight excluding hydrogens is 589 g/mol. The van der Waals surface area contributed by atoms with Gasteiger partial charge in [0.1, 0.15) is 12.4 Å². The molecule has 1 saturated carbocycles. The van der Waals surface area contributed by atoms with Crippen LogP contribution in [0.3, 0.4) is 0 Å². The van der Waals surface area contributed by atoms with E-state index in [1.165, 1.54) is 11.1 Å². The lowest BCUT2D eigenvalue weighted by Gasteiger charge is -2.22. The summed E-state index contributed by atoms with van der Waals surface area (Å²) < 4.78 is 14.0. The van der Waals surface area contributed by atoms with Crippen molar-refractivity contribution < 1.29 is 9.47 Å². The van der Waals surface area contributed by atoms with Crippen molar-refractivity contribution >= 4 is 56.2 Å². The fraction of sp³-hybridized carbons (Fsp3) is 0.276. The minimum Gasteiger partial charge on any atom is -0.493 e. The summed E-state index contributed by atoms with van der Waals surface area (Å²) >= 11 is 15.9. The van der Waals surface area contributed by atoms with E-state index in [2.05, 4.69) is 21.0 Å². The van der Waals surface area contributed by atoms with Crippen molar-refractivity contribution in [2.45, 2.75) is 44.6 Å². The highest BCUT2D eigenvalue weighted by Crippen LogP contribution is 2.36. The number of hydrogen-bond donors (Lipinski definition) is 0. The minimum absolute atomic E-state index is 0.179. The molecule has 5 rings (SSSR count). The van der Waals surface area contributed by atoms with E-state index >= 15 is 0 Å². The molecule has 6 nitrogen and oxygen atoms in total. The standard InChI is InChI=1S/C29H26BrCl2N3O3/c1-37-26-14-21(30)13-20(27(26)38-17-19-11-12-22(31)15-24(19)32)16-33-35-28(18-7-3-2-4-8-18)34-25-10-6-5-9-23(25)29(35)36/h5-6,9-16,18H,2-4,7-8,17H2,1H3. The molecule has 0 unspecified atom stereocenters. The molecule has 1 aliphatic carbocycles. The van der Waals surface area contributed by atoms with Gasteiger partial charge in [-0.15, -0.1) is 0 Å². The van der Waals surface area contributed by atoms with E-state index in [4.69, 9.17) is 37.7 Å². The lowest BCUT2D eigenvalue weighted by atomic mass is 9.88. The van der Waals surface area contributed by atoms with Gasteiger partial charge >= 0.3 is 0 Å². The Kier molecular flexibility index (Phi) is 8.36. The molecule has 38 heavy (non-hydrogen) atoms. The maximum atomic E-state index is 13.6. The maximum absolute atomic E-state index is 13.6. The SMILES string of the molecule is COc1cc(Br)cc(C=Nn2c(C3CCCCC3)nc3ccccc3c2=O)c1OCc1ccc(Cl)cc1Cl. The van der Waals surface area contributed by atoms with Crippen molar-refractivity contribution in [3.63, 3.8) is 0 Å². The number of para-hydroxylation sites is 1. The summed E-state index contributed by atoms with van der Waals surface area (Å²) in [5.74, 6) is 1.87. The summed E-state index contributed by atoms with van der Waals surface area (Å²) in [5.41, 5.74) is 1.91. The van der Waals surface area contributed by atoms with Crippen LogP contribution in [0.1, 0.15) is 55.0 Å². The molecule has 0 amide bonds. The molecule has 9 heteroatoms. The molecule has 0 aliphatic heterocycles. The highest BCUT2D eigenvalue weighted by Gasteiger charge is 2.22. The molecule has 3 aromatic carbocycles. The molecule has 1 heterocycles. The average molecular weight is 615 g/mol. The number of fused-ring (bicyclic) bond motifs is 1. The summed E-state index contributed by atoms with van der Waals surface area (Å²) in [6.07, 6.45) is 7.03.